The van der Waals surface area contributed by atoms with Gasteiger partial charge >= 0.3 is 0 Å². The third-order valence-corrected chi connectivity index (χ3v) is 5.37. The second-order valence-corrected chi connectivity index (χ2v) is 8.01. The molecule has 0 saturated heterocycles. The van der Waals surface area contributed by atoms with Crippen molar-refractivity contribution in [1.82, 2.24) is 0 Å². The Labute approximate surface area is 159 Å². The molecule has 138 valence electrons. The highest BCUT2D eigenvalue weighted by atomic mass is 32.2. The zero-order chi connectivity index (χ0) is 19.4. The van der Waals surface area contributed by atoms with E-state index in [4.69, 9.17) is 0 Å². The number of anilines is 2. The van der Waals surface area contributed by atoms with Gasteiger partial charge in [-0.05, 0) is 67.9 Å². The van der Waals surface area contributed by atoms with E-state index < -0.39 is 10.0 Å². The van der Waals surface area contributed by atoms with Gasteiger partial charge in [-0.1, -0.05) is 29.8 Å². The molecule has 0 fully saturated rings. The van der Waals surface area contributed by atoms with Crippen LogP contribution in [0.4, 0.5) is 11.4 Å². The standard InChI is InChI=1S/C21H20N2O3S/c1-15-5-3-7-17(13-15)21(24)22-18-9-11-20(12-10-18)27(25,26)23-19-8-4-6-16(2)14-19/h3-14,23H,1-2H3,(H,22,24). The Balaban J connectivity index is 1.73. The number of rotatable bonds is 5. The average molecular weight is 380 g/mol. The van der Waals surface area contributed by atoms with Crippen molar-refractivity contribution in [3.8, 4) is 0 Å². The van der Waals surface area contributed by atoms with Crippen LogP contribution in [-0.4, -0.2) is 14.3 Å². The minimum absolute atomic E-state index is 0.123. The lowest BCUT2D eigenvalue weighted by molar-refractivity contribution is 0.102. The van der Waals surface area contributed by atoms with E-state index in [1.165, 1.54) is 12.1 Å². The highest BCUT2D eigenvalue weighted by molar-refractivity contribution is 7.92. The van der Waals surface area contributed by atoms with Crippen LogP contribution in [0.1, 0.15) is 21.5 Å². The van der Waals surface area contributed by atoms with Gasteiger partial charge in [-0.2, -0.15) is 0 Å². The molecule has 3 aromatic rings. The number of amides is 1. The van der Waals surface area contributed by atoms with Crippen molar-refractivity contribution in [1.29, 1.82) is 0 Å². The molecule has 0 atom stereocenters. The van der Waals surface area contributed by atoms with Gasteiger partial charge in [-0.3, -0.25) is 9.52 Å². The number of hydrogen-bond donors (Lipinski definition) is 2. The van der Waals surface area contributed by atoms with Crippen LogP contribution in [-0.2, 0) is 10.0 Å². The minimum Gasteiger partial charge on any atom is -0.322 e. The minimum atomic E-state index is -3.70. The van der Waals surface area contributed by atoms with Crippen LogP contribution < -0.4 is 10.0 Å². The number of hydrogen-bond acceptors (Lipinski definition) is 3. The quantitative estimate of drug-likeness (QED) is 0.691. The predicted octanol–water partition coefficient (Wildman–Crippen LogP) is 4.36. The third kappa shape index (κ3) is 4.74. The van der Waals surface area contributed by atoms with Crippen molar-refractivity contribution < 1.29 is 13.2 Å². The van der Waals surface area contributed by atoms with Crippen molar-refractivity contribution in [3.63, 3.8) is 0 Å². The lowest BCUT2D eigenvalue weighted by Gasteiger charge is -2.10. The van der Waals surface area contributed by atoms with Gasteiger partial charge in [0.05, 0.1) is 4.90 Å². The van der Waals surface area contributed by atoms with E-state index in [9.17, 15) is 13.2 Å². The summed E-state index contributed by atoms with van der Waals surface area (Å²) in [5.74, 6) is -0.243. The highest BCUT2D eigenvalue weighted by Crippen LogP contribution is 2.19. The Bertz CT molecular complexity index is 1070. The normalized spacial score (nSPS) is 11.0. The smallest absolute Gasteiger partial charge is 0.261 e. The Hall–Kier alpha value is -3.12. The van der Waals surface area contributed by atoms with E-state index in [1.807, 2.05) is 32.0 Å². The van der Waals surface area contributed by atoms with Crippen molar-refractivity contribution in [2.24, 2.45) is 0 Å². The van der Waals surface area contributed by atoms with Crippen LogP contribution in [0.2, 0.25) is 0 Å². The van der Waals surface area contributed by atoms with Crippen molar-refractivity contribution >= 4 is 27.3 Å². The van der Waals surface area contributed by atoms with E-state index in [-0.39, 0.29) is 10.8 Å². The summed E-state index contributed by atoms with van der Waals surface area (Å²) >= 11 is 0. The molecule has 5 nitrogen and oxygen atoms in total. The van der Waals surface area contributed by atoms with Crippen LogP contribution >= 0.6 is 0 Å². The molecule has 0 unspecified atom stereocenters. The molecule has 0 spiro atoms. The van der Waals surface area contributed by atoms with E-state index in [0.29, 0.717) is 16.9 Å². The number of aryl methyl sites for hydroxylation is 2. The number of carbonyl (C=O) groups is 1. The number of nitrogens with one attached hydrogen (secondary N) is 2. The maximum atomic E-state index is 12.5. The summed E-state index contributed by atoms with van der Waals surface area (Å²) < 4.78 is 27.6. The van der Waals surface area contributed by atoms with E-state index in [0.717, 1.165) is 11.1 Å². The van der Waals surface area contributed by atoms with E-state index >= 15 is 0 Å². The first-order chi connectivity index (χ1) is 12.8. The average Bonchev–Trinajstić information content (AvgIpc) is 2.62. The van der Waals surface area contributed by atoms with Gasteiger partial charge in [-0.15, -0.1) is 0 Å². The first-order valence-corrected chi connectivity index (χ1v) is 9.89. The number of carbonyl (C=O) groups excluding carboxylic acids is 1. The lowest BCUT2D eigenvalue weighted by Crippen LogP contribution is -2.14. The van der Waals surface area contributed by atoms with Gasteiger partial charge in [0, 0.05) is 16.9 Å². The van der Waals surface area contributed by atoms with Gasteiger partial charge < -0.3 is 5.32 Å². The van der Waals surface area contributed by atoms with Gasteiger partial charge in [-0.25, -0.2) is 8.42 Å². The fourth-order valence-corrected chi connectivity index (χ4v) is 3.68. The Morgan fingerprint density at radius 2 is 1.41 bits per heavy atom. The maximum Gasteiger partial charge on any atom is 0.261 e. The summed E-state index contributed by atoms with van der Waals surface area (Å²) in [5, 5.41) is 2.77. The molecule has 3 aromatic carbocycles. The molecule has 0 heterocycles. The first kappa shape index (κ1) is 18.7. The van der Waals surface area contributed by atoms with Crippen LogP contribution in [0.25, 0.3) is 0 Å². The second kappa shape index (κ2) is 7.63. The summed E-state index contributed by atoms with van der Waals surface area (Å²) in [6, 6.07) is 20.4. The molecule has 6 heteroatoms. The van der Waals surface area contributed by atoms with Crippen LogP contribution in [0.5, 0.6) is 0 Å². The molecule has 1 amide bonds. The van der Waals surface area contributed by atoms with Crippen LogP contribution in [0, 0.1) is 13.8 Å². The maximum absolute atomic E-state index is 12.5. The predicted molar refractivity (Wildman–Crippen MR) is 108 cm³/mol. The molecule has 3 rings (SSSR count). The molecule has 27 heavy (non-hydrogen) atoms. The van der Waals surface area contributed by atoms with Crippen molar-refractivity contribution in [3.05, 3.63) is 89.5 Å². The summed E-state index contributed by atoms with van der Waals surface area (Å²) in [7, 11) is -3.70. The third-order valence-electron chi connectivity index (χ3n) is 3.97. The molecule has 2 N–H and O–H groups in total. The van der Waals surface area contributed by atoms with Gasteiger partial charge in [0.25, 0.3) is 15.9 Å². The van der Waals surface area contributed by atoms with Crippen molar-refractivity contribution in [2.45, 2.75) is 18.7 Å². The summed E-state index contributed by atoms with van der Waals surface area (Å²) in [4.78, 5) is 12.4. The lowest BCUT2D eigenvalue weighted by atomic mass is 10.1. The van der Waals surface area contributed by atoms with Crippen LogP contribution in [0.15, 0.2) is 77.7 Å². The Morgan fingerprint density at radius 3 is 2.04 bits per heavy atom. The number of sulfonamides is 1. The Morgan fingerprint density at radius 1 is 0.778 bits per heavy atom. The molecule has 0 aliphatic heterocycles. The van der Waals surface area contributed by atoms with Crippen molar-refractivity contribution in [2.75, 3.05) is 10.0 Å². The topological polar surface area (TPSA) is 75.3 Å². The fourth-order valence-electron chi connectivity index (χ4n) is 2.63. The summed E-state index contributed by atoms with van der Waals surface area (Å²) in [5.41, 5.74) is 3.53. The SMILES string of the molecule is Cc1cccc(NS(=O)(=O)c2ccc(NC(=O)c3cccc(C)c3)cc2)c1. The second-order valence-electron chi connectivity index (χ2n) is 6.32. The molecule has 0 bridgehead atoms. The zero-order valence-corrected chi connectivity index (χ0v) is 15.9. The molecule has 0 radical (unpaired) electrons. The monoisotopic (exact) mass is 380 g/mol. The largest absolute Gasteiger partial charge is 0.322 e. The van der Waals surface area contributed by atoms with Gasteiger partial charge in [0.1, 0.15) is 0 Å². The zero-order valence-electron chi connectivity index (χ0n) is 15.1. The summed E-state index contributed by atoms with van der Waals surface area (Å²) in [6.45, 7) is 3.81. The van der Waals surface area contributed by atoms with Crippen LogP contribution in [0.3, 0.4) is 0 Å². The fraction of sp³-hybridized carbons (Fsp3) is 0.0952. The van der Waals surface area contributed by atoms with Gasteiger partial charge in [0.2, 0.25) is 0 Å². The Kier molecular flexibility index (Phi) is 5.28. The van der Waals surface area contributed by atoms with Gasteiger partial charge in [0.15, 0.2) is 0 Å². The number of benzene rings is 3. The molecule has 0 aliphatic rings. The molecular formula is C21H20N2O3S. The highest BCUT2D eigenvalue weighted by Gasteiger charge is 2.14. The molecule has 0 aliphatic carbocycles. The summed E-state index contributed by atoms with van der Waals surface area (Å²) in [6.07, 6.45) is 0. The first-order valence-electron chi connectivity index (χ1n) is 8.41. The van der Waals surface area contributed by atoms with E-state index in [1.54, 1.807) is 42.5 Å². The van der Waals surface area contributed by atoms with E-state index in [2.05, 4.69) is 10.0 Å². The molecule has 0 saturated carbocycles. The molecular weight excluding hydrogens is 360 g/mol. The molecule has 0 aromatic heterocycles.